The molecule has 0 radical (unpaired) electrons. The molecule has 1 aliphatic heterocycles. The number of nitrogens with zero attached hydrogens (tertiary/aromatic N) is 6. The first-order valence-electron chi connectivity index (χ1n) is 16.3. The maximum absolute atomic E-state index is 14.6. The van der Waals surface area contributed by atoms with Gasteiger partial charge in [-0.25, -0.2) is 32.0 Å². The number of hydrogen-bond acceptors (Lipinski definition) is 6. The van der Waals surface area contributed by atoms with Crippen molar-refractivity contribution in [2.24, 2.45) is 17.8 Å². The molecule has 1 saturated heterocycles. The van der Waals surface area contributed by atoms with Crippen LogP contribution in [-0.2, 0) is 17.8 Å². The smallest absolute Gasteiger partial charge is 0.355 e. The third-order valence-electron chi connectivity index (χ3n) is 9.91. The number of halogens is 7. The van der Waals surface area contributed by atoms with E-state index in [0.717, 1.165) is 0 Å². The Kier molecular flexibility index (Phi) is 9.17. The highest BCUT2D eigenvalue weighted by Gasteiger charge is 2.46. The van der Waals surface area contributed by atoms with Crippen LogP contribution in [0.5, 0.6) is 0 Å². The minimum absolute atomic E-state index is 0.00195. The summed E-state index contributed by atoms with van der Waals surface area (Å²) in [5.74, 6) is -11.0. The van der Waals surface area contributed by atoms with Gasteiger partial charge in [0.25, 0.3) is 11.7 Å². The largest absolute Gasteiger partial charge is 0.393 e. The number of carbonyl (C=O) groups is 2. The SMILES string of the molecule is CCn1nccc1C(=O)N[C@H](c1cn2nc(C[C@H]3C[C@@H](C(F)(F)F)CNC3=O)c([C@@H]3CCCC(F)(F)C3)nc2n1)C1CCC(F)(F)CC1. The molecule has 17 heteroatoms. The van der Waals surface area contributed by atoms with Crippen molar-refractivity contribution in [1.29, 1.82) is 0 Å². The number of aromatic nitrogens is 6. The van der Waals surface area contributed by atoms with Gasteiger partial charge in [0.1, 0.15) is 5.69 Å². The van der Waals surface area contributed by atoms with Crippen LogP contribution >= 0.6 is 0 Å². The summed E-state index contributed by atoms with van der Waals surface area (Å²) in [7, 11) is 0. The molecule has 4 heterocycles. The van der Waals surface area contributed by atoms with E-state index in [1.165, 1.54) is 27.7 Å². The topological polar surface area (TPSA) is 119 Å². The van der Waals surface area contributed by atoms with Gasteiger partial charge in [-0.3, -0.25) is 14.3 Å². The normalized spacial score (nSPS) is 25.5. The molecule has 48 heavy (non-hydrogen) atoms. The van der Waals surface area contributed by atoms with Gasteiger partial charge in [0.05, 0.1) is 35.2 Å². The van der Waals surface area contributed by atoms with Crippen LogP contribution in [0.4, 0.5) is 30.7 Å². The van der Waals surface area contributed by atoms with Gasteiger partial charge in [-0.05, 0) is 51.0 Å². The highest BCUT2D eigenvalue weighted by molar-refractivity contribution is 5.92. The summed E-state index contributed by atoms with van der Waals surface area (Å²) >= 11 is 0. The summed E-state index contributed by atoms with van der Waals surface area (Å²) in [5, 5.41) is 13.9. The van der Waals surface area contributed by atoms with Crippen LogP contribution in [0, 0.1) is 17.8 Å². The number of piperidine rings is 1. The zero-order chi connectivity index (χ0) is 34.4. The molecule has 262 valence electrons. The van der Waals surface area contributed by atoms with Crippen molar-refractivity contribution in [1.82, 2.24) is 40.0 Å². The molecule has 0 unspecified atom stereocenters. The van der Waals surface area contributed by atoms with Crippen LogP contribution in [-0.4, -0.2) is 65.7 Å². The second-order valence-electron chi connectivity index (χ2n) is 13.3. The van der Waals surface area contributed by atoms with Crippen LogP contribution in [0.1, 0.15) is 104 Å². The summed E-state index contributed by atoms with van der Waals surface area (Å²) in [4.78, 5) is 35.3. The van der Waals surface area contributed by atoms with E-state index < -0.39 is 78.9 Å². The number of carbonyl (C=O) groups excluding carboxylic acids is 2. The molecular formula is C31H37F7N8O2. The maximum atomic E-state index is 14.6. The third-order valence-corrected chi connectivity index (χ3v) is 9.91. The highest BCUT2D eigenvalue weighted by atomic mass is 19.4. The third kappa shape index (κ3) is 7.28. The van der Waals surface area contributed by atoms with E-state index >= 15 is 0 Å². The van der Waals surface area contributed by atoms with Crippen molar-refractivity contribution in [3.05, 3.63) is 41.2 Å². The lowest BCUT2D eigenvalue weighted by Crippen LogP contribution is -2.47. The number of imidazole rings is 1. The first-order chi connectivity index (χ1) is 22.6. The Bertz CT molecular complexity index is 1640. The molecule has 2 aliphatic carbocycles. The van der Waals surface area contributed by atoms with Crippen molar-refractivity contribution in [3.63, 3.8) is 0 Å². The summed E-state index contributed by atoms with van der Waals surface area (Å²) in [6.45, 7) is 1.67. The Balaban J connectivity index is 1.38. The minimum atomic E-state index is -4.54. The Hall–Kier alpha value is -3.79. The molecule has 3 aliphatic rings. The van der Waals surface area contributed by atoms with E-state index in [9.17, 15) is 40.3 Å². The number of alkyl halides is 7. The van der Waals surface area contributed by atoms with Gasteiger partial charge in [0, 0.05) is 63.2 Å². The molecular weight excluding hydrogens is 649 g/mol. The van der Waals surface area contributed by atoms with Gasteiger partial charge in [-0.2, -0.15) is 23.4 Å². The lowest BCUT2D eigenvalue weighted by Gasteiger charge is -2.33. The van der Waals surface area contributed by atoms with Crippen molar-refractivity contribution in [2.75, 3.05) is 6.54 Å². The summed E-state index contributed by atoms with van der Waals surface area (Å²) in [5.41, 5.74) is 0.771. The molecule has 2 amide bonds. The van der Waals surface area contributed by atoms with E-state index in [2.05, 4.69) is 30.8 Å². The van der Waals surface area contributed by atoms with E-state index in [1.54, 1.807) is 0 Å². The molecule has 3 aromatic rings. The van der Waals surface area contributed by atoms with Gasteiger partial charge < -0.3 is 10.6 Å². The molecule has 3 fully saturated rings. The Morgan fingerprint density at radius 1 is 1.10 bits per heavy atom. The predicted molar refractivity (Wildman–Crippen MR) is 156 cm³/mol. The standard InChI is InChI=1S/C31H37F7N8O2/c1-2-45-23(7-11-40-45)27(48)42-24(17-5-9-29(32,33)10-6-17)22-16-46-28(41-22)43-25(18-4-3-8-30(34,35)14-18)21(44-46)13-19-12-20(31(36,37)38)15-39-26(19)47/h7,11,16-20,24H,2-6,8-10,12-15H2,1H3,(H,39,47)(H,42,48)/t18-,19-,20-,24+/m1/s1. The summed E-state index contributed by atoms with van der Waals surface area (Å²) in [6, 6.07) is 0.681. The molecule has 0 spiro atoms. The maximum Gasteiger partial charge on any atom is 0.393 e. The van der Waals surface area contributed by atoms with E-state index in [0.29, 0.717) is 13.0 Å². The van der Waals surface area contributed by atoms with Crippen LogP contribution in [0.2, 0.25) is 0 Å². The predicted octanol–water partition coefficient (Wildman–Crippen LogP) is 5.79. The lowest BCUT2D eigenvalue weighted by atomic mass is 9.81. The van der Waals surface area contributed by atoms with Gasteiger partial charge in [-0.1, -0.05) is 0 Å². The number of aryl methyl sites for hydroxylation is 1. The molecule has 2 N–H and O–H groups in total. The number of rotatable bonds is 8. The Labute approximate surface area is 271 Å². The Morgan fingerprint density at radius 2 is 1.85 bits per heavy atom. The first-order valence-corrected chi connectivity index (χ1v) is 16.3. The van der Waals surface area contributed by atoms with Gasteiger partial charge >= 0.3 is 6.18 Å². The molecule has 3 aromatic heterocycles. The fourth-order valence-corrected chi connectivity index (χ4v) is 7.29. The molecule has 10 nitrogen and oxygen atoms in total. The van der Waals surface area contributed by atoms with Crippen molar-refractivity contribution < 1.29 is 40.3 Å². The van der Waals surface area contributed by atoms with Crippen molar-refractivity contribution in [2.45, 2.75) is 108 Å². The molecule has 0 bridgehead atoms. The zero-order valence-electron chi connectivity index (χ0n) is 26.2. The van der Waals surface area contributed by atoms with Gasteiger partial charge in [0.2, 0.25) is 17.8 Å². The van der Waals surface area contributed by atoms with Crippen LogP contribution in [0.15, 0.2) is 18.5 Å². The number of nitrogens with one attached hydrogen (secondary N) is 2. The number of amides is 2. The highest BCUT2D eigenvalue weighted by Crippen LogP contribution is 2.44. The average Bonchev–Trinajstić information content (AvgIpc) is 3.66. The fraction of sp³-hybridized carbons (Fsp3) is 0.677. The lowest BCUT2D eigenvalue weighted by molar-refractivity contribution is -0.183. The fourth-order valence-electron chi connectivity index (χ4n) is 7.29. The Morgan fingerprint density at radius 3 is 2.54 bits per heavy atom. The summed E-state index contributed by atoms with van der Waals surface area (Å²) < 4.78 is 101. The van der Waals surface area contributed by atoms with E-state index in [4.69, 9.17) is 0 Å². The molecule has 2 saturated carbocycles. The monoisotopic (exact) mass is 686 g/mol. The summed E-state index contributed by atoms with van der Waals surface area (Å²) in [6.07, 6.45) is -3.26. The van der Waals surface area contributed by atoms with E-state index in [-0.39, 0.29) is 73.5 Å². The van der Waals surface area contributed by atoms with Crippen LogP contribution < -0.4 is 10.6 Å². The van der Waals surface area contributed by atoms with Crippen LogP contribution in [0.3, 0.4) is 0 Å². The average molecular weight is 687 g/mol. The zero-order valence-corrected chi connectivity index (χ0v) is 26.2. The second-order valence-corrected chi connectivity index (χ2v) is 13.3. The quantitative estimate of drug-likeness (QED) is 0.290. The number of fused-ring (bicyclic) bond motifs is 1. The minimum Gasteiger partial charge on any atom is -0.355 e. The van der Waals surface area contributed by atoms with Gasteiger partial charge in [-0.15, -0.1) is 0 Å². The molecule has 6 rings (SSSR count). The molecule has 0 aromatic carbocycles. The second kappa shape index (κ2) is 12.9. The van der Waals surface area contributed by atoms with Crippen molar-refractivity contribution >= 4 is 17.6 Å². The first kappa shape index (κ1) is 34.1. The van der Waals surface area contributed by atoms with Crippen molar-refractivity contribution in [3.8, 4) is 0 Å². The van der Waals surface area contributed by atoms with Crippen LogP contribution in [0.25, 0.3) is 5.78 Å². The van der Waals surface area contributed by atoms with E-state index in [1.807, 2.05) is 6.92 Å². The number of hydrogen-bond donors (Lipinski definition) is 2. The van der Waals surface area contributed by atoms with Gasteiger partial charge in [0.15, 0.2) is 0 Å². The molecule has 4 atom stereocenters.